The number of nitrogens with one attached hydrogen (secondary N) is 1. The maximum absolute atomic E-state index is 13.1. The van der Waals surface area contributed by atoms with Gasteiger partial charge in [-0.05, 0) is 62.1 Å². The molecule has 2 saturated heterocycles. The van der Waals surface area contributed by atoms with Crippen LogP contribution in [0.3, 0.4) is 0 Å². The Morgan fingerprint density at radius 1 is 0.912 bits per heavy atom. The van der Waals surface area contributed by atoms with Gasteiger partial charge in [-0.15, -0.1) is 0 Å². The van der Waals surface area contributed by atoms with Gasteiger partial charge in [-0.1, -0.05) is 18.2 Å². The van der Waals surface area contributed by atoms with Gasteiger partial charge in [-0.2, -0.15) is 0 Å². The first-order chi connectivity index (χ1) is 16.4. The topological polar surface area (TPSA) is 73.0 Å². The van der Waals surface area contributed by atoms with Crippen molar-refractivity contribution in [2.24, 2.45) is 5.92 Å². The molecule has 0 atom stereocenters. The number of hydrogen-bond donors (Lipinski definition) is 1. The van der Waals surface area contributed by atoms with Gasteiger partial charge < -0.3 is 15.1 Å². The molecule has 1 N–H and O–H groups in total. The zero-order chi connectivity index (χ0) is 24.1. The predicted molar refractivity (Wildman–Crippen MR) is 134 cm³/mol. The highest BCUT2D eigenvalue weighted by molar-refractivity contribution is 5.93. The number of aldehydes is 1. The van der Waals surface area contributed by atoms with Crippen LogP contribution in [-0.4, -0.2) is 73.7 Å². The summed E-state index contributed by atoms with van der Waals surface area (Å²) in [6, 6.07) is 13.6. The van der Waals surface area contributed by atoms with E-state index < -0.39 is 0 Å². The van der Waals surface area contributed by atoms with E-state index >= 15 is 0 Å². The molecule has 2 fully saturated rings. The number of piperazine rings is 1. The van der Waals surface area contributed by atoms with Gasteiger partial charge in [0.1, 0.15) is 6.29 Å². The average molecular weight is 463 g/mol. The van der Waals surface area contributed by atoms with Crippen LogP contribution in [-0.2, 0) is 9.59 Å². The summed E-state index contributed by atoms with van der Waals surface area (Å²) < 4.78 is 0. The molecule has 0 saturated carbocycles. The van der Waals surface area contributed by atoms with E-state index in [0.29, 0.717) is 38.3 Å². The minimum atomic E-state index is -0.00859. The van der Waals surface area contributed by atoms with Gasteiger partial charge in [0.05, 0.1) is 6.54 Å². The first-order valence-electron chi connectivity index (χ1n) is 12.1. The largest absolute Gasteiger partial charge is 0.371 e. The van der Waals surface area contributed by atoms with Crippen LogP contribution in [0.1, 0.15) is 34.3 Å². The van der Waals surface area contributed by atoms with E-state index in [4.69, 9.17) is 0 Å². The molecule has 2 heterocycles. The lowest BCUT2D eigenvalue weighted by Crippen LogP contribution is -2.52. The summed E-state index contributed by atoms with van der Waals surface area (Å²) in [5, 5.41) is 3.05. The molecule has 0 unspecified atom stereocenters. The highest BCUT2D eigenvalue weighted by Gasteiger charge is 2.31. The molecule has 2 aromatic carbocycles. The Hall–Kier alpha value is -3.19. The number of amides is 2. The molecule has 7 heteroatoms. The van der Waals surface area contributed by atoms with E-state index in [2.05, 4.69) is 15.1 Å². The van der Waals surface area contributed by atoms with Crippen molar-refractivity contribution < 1.29 is 14.4 Å². The SMILES string of the molecule is Cc1cccc(C)c1NC(=O)CN1CCN(C(=O)C2CCN(c3ccc(C=O)cc3)CC2)CC1. The summed E-state index contributed by atoms with van der Waals surface area (Å²) in [5.74, 6) is 0.297. The Morgan fingerprint density at radius 2 is 1.53 bits per heavy atom. The first-order valence-corrected chi connectivity index (χ1v) is 12.1. The number of para-hydroxylation sites is 1. The van der Waals surface area contributed by atoms with Crippen LogP contribution in [0.25, 0.3) is 0 Å². The van der Waals surface area contributed by atoms with Crippen LogP contribution in [0.2, 0.25) is 0 Å². The fourth-order valence-electron chi connectivity index (χ4n) is 4.93. The zero-order valence-electron chi connectivity index (χ0n) is 20.1. The molecule has 2 aliphatic rings. The van der Waals surface area contributed by atoms with E-state index in [-0.39, 0.29) is 17.7 Å². The van der Waals surface area contributed by atoms with E-state index in [1.807, 2.05) is 61.2 Å². The number of carbonyl (C=O) groups is 3. The predicted octanol–water partition coefficient (Wildman–Crippen LogP) is 3.12. The second kappa shape index (κ2) is 10.8. The lowest BCUT2D eigenvalue weighted by molar-refractivity contribution is -0.138. The highest BCUT2D eigenvalue weighted by Crippen LogP contribution is 2.25. The highest BCUT2D eigenvalue weighted by atomic mass is 16.2. The summed E-state index contributed by atoms with van der Waals surface area (Å²) >= 11 is 0. The van der Waals surface area contributed by atoms with Crippen molar-refractivity contribution in [3.63, 3.8) is 0 Å². The van der Waals surface area contributed by atoms with E-state index in [1.54, 1.807) is 0 Å². The molecule has 0 aliphatic carbocycles. The van der Waals surface area contributed by atoms with Crippen LogP contribution < -0.4 is 10.2 Å². The molecule has 34 heavy (non-hydrogen) atoms. The average Bonchev–Trinajstić information content (AvgIpc) is 2.86. The molecule has 0 radical (unpaired) electrons. The fourth-order valence-corrected chi connectivity index (χ4v) is 4.93. The lowest BCUT2D eigenvalue weighted by atomic mass is 9.94. The Kier molecular flexibility index (Phi) is 7.63. The van der Waals surface area contributed by atoms with Gasteiger partial charge in [-0.25, -0.2) is 0 Å². The summed E-state index contributed by atoms with van der Waals surface area (Å²) in [6.45, 7) is 8.80. The minimum absolute atomic E-state index is 0.00859. The first kappa shape index (κ1) is 24.0. The summed E-state index contributed by atoms with van der Waals surface area (Å²) in [6.07, 6.45) is 2.53. The normalized spacial score (nSPS) is 17.5. The molecule has 2 aliphatic heterocycles. The fraction of sp³-hybridized carbons (Fsp3) is 0.444. The Labute approximate surface area is 201 Å². The number of carbonyl (C=O) groups excluding carboxylic acids is 3. The summed E-state index contributed by atoms with van der Waals surface area (Å²) in [5.41, 5.74) is 4.80. The van der Waals surface area contributed by atoms with Crippen molar-refractivity contribution in [2.75, 3.05) is 56.0 Å². The monoisotopic (exact) mass is 462 g/mol. The van der Waals surface area contributed by atoms with Gasteiger partial charge in [0.25, 0.3) is 0 Å². The number of piperidine rings is 1. The number of nitrogens with zero attached hydrogens (tertiary/aromatic N) is 3. The van der Waals surface area contributed by atoms with Crippen molar-refractivity contribution in [2.45, 2.75) is 26.7 Å². The van der Waals surface area contributed by atoms with Crippen LogP contribution in [0.5, 0.6) is 0 Å². The molecule has 2 amide bonds. The molecule has 0 bridgehead atoms. The molecule has 180 valence electrons. The minimum Gasteiger partial charge on any atom is -0.371 e. The smallest absolute Gasteiger partial charge is 0.238 e. The number of anilines is 2. The lowest BCUT2D eigenvalue weighted by Gasteiger charge is -2.39. The van der Waals surface area contributed by atoms with Crippen LogP contribution >= 0.6 is 0 Å². The standard InChI is InChI=1S/C27H34N4O3/c1-20-4-3-5-21(2)26(20)28-25(33)18-29-14-16-31(17-15-29)27(34)23-10-12-30(13-11-23)24-8-6-22(19-32)7-9-24/h3-9,19,23H,10-18H2,1-2H3,(H,28,33). The van der Waals surface area contributed by atoms with Gasteiger partial charge >= 0.3 is 0 Å². The number of benzene rings is 2. The van der Waals surface area contributed by atoms with Crippen molar-refractivity contribution in [1.29, 1.82) is 0 Å². The molecule has 2 aromatic rings. The van der Waals surface area contributed by atoms with Crippen LogP contribution in [0, 0.1) is 19.8 Å². The quantitative estimate of drug-likeness (QED) is 0.668. The number of aryl methyl sites for hydroxylation is 2. The zero-order valence-corrected chi connectivity index (χ0v) is 20.1. The van der Waals surface area contributed by atoms with Crippen LogP contribution in [0.15, 0.2) is 42.5 Å². The molecule has 4 rings (SSSR count). The van der Waals surface area contributed by atoms with Crippen molar-refractivity contribution >= 4 is 29.5 Å². The molecule has 7 nitrogen and oxygen atoms in total. The molecular weight excluding hydrogens is 428 g/mol. The van der Waals surface area contributed by atoms with Crippen molar-refractivity contribution in [3.8, 4) is 0 Å². The van der Waals surface area contributed by atoms with Gasteiger partial charge in [-0.3, -0.25) is 19.3 Å². The van der Waals surface area contributed by atoms with E-state index in [0.717, 1.165) is 54.7 Å². The number of hydrogen-bond acceptors (Lipinski definition) is 5. The molecule has 0 aromatic heterocycles. The Balaban J connectivity index is 1.21. The van der Waals surface area contributed by atoms with E-state index in [1.165, 1.54) is 0 Å². The van der Waals surface area contributed by atoms with Crippen LogP contribution in [0.4, 0.5) is 11.4 Å². The second-order valence-electron chi connectivity index (χ2n) is 9.39. The Bertz CT molecular complexity index is 1000. The van der Waals surface area contributed by atoms with E-state index in [9.17, 15) is 14.4 Å². The van der Waals surface area contributed by atoms with Gasteiger partial charge in [0.15, 0.2) is 0 Å². The number of rotatable bonds is 6. The third-order valence-electron chi connectivity index (χ3n) is 7.04. The maximum atomic E-state index is 13.1. The second-order valence-corrected chi connectivity index (χ2v) is 9.39. The van der Waals surface area contributed by atoms with Crippen molar-refractivity contribution in [3.05, 3.63) is 59.2 Å². The van der Waals surface area contributed by atoms with Gasteiger partial charge in [0.2, 0.25) is 11.8 Å². The van der Waals surface area contributed by atoms with Gasteiger partial charge in [0, 0.05) is 62.1 Å². The third kappa shape index (κ3) is 5.65. The molecular formula is C27H34N4O3. The van der Waals surface area contributed by atoms with Crippen molar-refractivity contribution in [1.82, 2.24) is 9.80 Å². The maximum Gasteiger partial charge on any atom is 0.238 e. The Morgan fingerprint density at radius 3 is 2.12 bits per heavy atom. The summed E-state index contributed by atoms with van der Waals surface area (Å²) in [7, 11) is 0. The third-order valence-corrected chi connectivity index (χ3v) is 7.04. The molecule has 0 spiro atoms. The summed E-state index contributed by atoms with van der Waals surface area (Å²) in [4.78, 5) is 42.9.